The van der Waals surface area contributed by atoms with Crippen LogP contribution in [0.15, 0.2) is 48.5 Å². The smallest absolute Gasteiger partial charge is 0.303 e. The molecule has 1 saturated heterocycles. The average Bonchev–Trinajstić information content (AvgIpc) is 3.32. The number of fused-ring (bicyclic) bond motifs is 1. The molecule has 1 atom stereocenters. The number of nitrogens with one attached hydrogen (secondary N) is 1. The fourth-order valence-corrected chi connectivity index (χ4v) is 7.67. The van der Waals surface area contributed by atoms with Crippen LogP contribution in [0.5, 0.6) is 5.75 Å². The molecular weight excluding hydrogens is 545 g/mol. The summed E-state index contributed by atoms with van der Waals surface area (Å²) < 4.78 is 40.4. The monoisotopic (exact) mass is 583 g/mol. The number of carboxylic acids is 1. The van der Waals surface area contributed by atoms with E-state index >= 15 is 0 Å². The zero-order valence-corrected chi connectivity index (χ0v) is 24.3. The molecule has 5 rings (SSSR count). The zero-order valence-electron chi connectivity index (χ0n) is 23.5. The van der Waals surface area contributed by atoms with Crippen LogP contribution < -0.4 is 10.1 Å². The van der Waals surface area contributed by atoms with Crippen molar-refractivity contribution in [3.8, 4) is 16.9 Å². The molecule has 0 aromatic heterocycles. The summed E-state index contributed by atoms with van der Waals surface area (Å²) in [4.78, 5) is 10.8. The molecule has 1 fully saturated rings. The second kappa shape index (κ2) is 11.6. The van der Waals surface area contributed by atoms with Crippen molar-refractivity contribution in [2.24, 2.45) is 0 Å². The Kier molecular flexibility index (Phi) is 8.34. The van der Waals surface area contributed by atoms with E-state index in [9.17, 15) is 23.4 Å². The molecule has 3 aromatic rings. The molecule has 5 N–H and O–H groups in total. The Labute approximate surface area is 241 Å². The Bertz CT molecular complexity index is 1430. The molecule has 2 aliphatic rings. The molecule has 9 heteroatoms. The minimum absolute atomic E-state index is 0.0343. The lowest BCUT2D eigenvalue weighted by Gasteiger charge is -2.43. The molecule has 0 spiro atoms. The van der Waals surface area contributed by atoms with Gasteiger partial charge >= 0.3 is 5.97 Å². The van der Waals surface area contributed by atoms with Gasteiger partial charge in [-0.1, -0.05) is 24.3 Å². The molecule has 1 aliphatic carbocycles. The number of aryl methyl sites for hydroxylation is 3. The maximum atomic E-state index is 14.6. The Balaban J connectivity index is 1.31. The van der Waals surface area contributed by atoms with Crippen molar-refractivity contribution in [3.05, 3.63) is 82.2 Å². The quantitative estimate of drug-likeness (QED) is 0.186. The molecule has 1 aliphatic heterocycles. The first-order chi connectivity index (χ1) is 19.4. The molecule has 220 valence electrons. The van der Waals surface area contributed by atoms with E-state index in [1.807, 2.05) is 18.2 Å². The maximum absolute atomic E-state index is 14.6. The van der Waals surface area contributed by atoms with E-state index in [4.69, 9.17) is 9.84 Å². The van der Waals surface area contributed by atoms with Crippen molar-refractivity contribution >= 4 is 22.2 Å². The van der Waals surface area contributed by atoms with E-state index in [2.05, 4.69) is 37.4 Å². The van der Waals surface area contributed by atoms with Crippen molar-refractivity contribution in [2.45, 2.75) is 64.0 Å². The van der Waals surface area contributed by atoms with Crippen LogP contribution in [0.1, 0.15) is 59.5 Å². The molecular formula is C32H38FNO6S. The summed E-state index contributed by atoms with van der Waals surface area (Å²) in [6.45, 7) is 4.22. The van der Waals surface area contributed by atoms with Crippen LogP contribution in [0.3, 0.4) is 0 Å². The van der Waals surface area contributed by atoms with Gasteiger partial charge in [0.05, 0.1) is 6.04 Å². The van der Waals surface area contributed by atoms with Gasteiger partial charge in [0.25, 0.3) is 0 Å². The molecule has 0 amide bonds. The Morgan fingerprint density at radius 3 is 2.46 bits per heavy atom. The SMILES string of the molecule is Cc1cc(OCC2(O)CCS(O)(O)CC2)cc(C)c1-c1cccc2c1CCC2Nc1ccc(CCC(=O)O)c(F)c1. The summed E-state index contributed by atoms with van der Waals surface area (Å²) >= 11 is 0. The van der Waals surface area contributed by atoms with Crippen LogP contribution in [0.25, 0.3) is 11.1 Å². The van der Waals surface area contributed by atoms with Crippen LogP contribution in [0.2, 0.25) is 0 Å². The first-order valence-electron chi connectivity index (χ1n) is 14.0. The van der Waals surface area contributed by atoms with Crippen molar-refractivity contribution in [2.75, 3.05) is 23.4 Å². The van der Waals surface area contributed by atoms with E-state index in [0.29, 0.717) is 29.8 Å². The molecule has 1 unspecified atom stereocenters. The number of halogens is 1. The molecule has 0 radical (unpaired) electrons. The Morgan fingerprint density at radius 1 is 1.10 bits per heavy atom. The van der Waals surface area contributed by atoms with E-state index in [1.54, 1.807) is 6.07 Å². The van der Waals surface area contributed by atoms with Crippen molar-refractivity contribution in [1.82, 2.24) is 0 Å². The summed E-state index contributed by atoms with van der Waals surface area (Å²) in [5.74, 6) is -0.268. The standard InChI is InChI=1S/C32H38FNO6S/c1-20-16-24(40-19-32(37)12-14-41(38,39)15-13-32)17-21(2)31(20)27-5-3-4-26-25(27)9-10-29(26)34-23-8-6-22(28(33)18-23)7-11-30(35)36/h3-6,8,16-18,29,34,37-39H,7,9-15,19H2,1-2H3,(H,35,36). The summed E-state index contributed by atoms with van der Waals surface area (Å²) in [5, 5.41) is 23.2. The predicted molar refractivity (Wildman–Crippen MR) is 161 cm³/mol. The summed E-state index contributed by atoms with van der Waals surface area (Å²) in [6, 6.07) is 15.2. The third kappa shape index (κ3) is 6.70. The van der Waals surface area contributed by atoms with Gasteiger partial charge in [-0.05, 0) is 109 Å². The zero-order chi connectivity index (χ0) is 29.4. The molecule has 7 nitrogen and oxygen atoms in total. The average molecular weight is 584 g/mol. The Hall–Kier alpha value is -3.11. The highest BCUT2D eigenvalue weighted by molar-refractivity contribution is 8.24. The molecule has 1 heterocycles. The fraction of sp³-hybridized carbons (Fsp3) is 0.406. The summed E-state index contributed by atoms with van der Waals surface area (Å²) in [5.41, 5.74) is 6.89. The van der Waals surface area contributed by atoms with Crippen LogP contribution in [0, 0.1) is 19.7 Å². The second-order valence-corrected chi connectivity index (χ2v) is 13.9. The van der Waals surface area contributed by atoms with Gasteiger partial charge < -0.3 is 20.3 Å². The first-order valence-corrected chi connectivity index (χ1v) is 15.9. The normalized spacial score (nSPS) is 19.8. The largest absolute Gasteiger partial charge is 0.491 e. The van der Waals surface area contributed by atoms with E-state index in [0.717, 1.165) is 29.5 Å². The van der Waals surface area contributed by atoms with Gasteiger partial charge in [0, 0.05) is 23.6 Å². The topological polar surface area (TPSA) is 119 Å². The number of anilines is 1. The van der Waals surface area contributed by atoms with Gasteiger partial charge in [0.15, 0.2) is 0 Å². The number of hydrogen-bond donors (Lipinski definition) is 5. The van der Waals surface area contributed by atoms with Crippen LogP contribution in [0.4, 0.5) is 10.1 Å². The van der Waals surface area contributed by atoms with E-state index < -0.39 is 28.0 Å². The van der Waals surface area contributed by atoms with Gasteiger partial charge in [-0.25, -0.2) is 4.39 Å². The van der Waals surface area contributed by atoms with Crippen molar-refractivity contribution in [3.63, 3.8) is 0 Å². The second-order valence-electron chi connectivity index (χ2n) is 11.5. The molecule has 41 heavy (non-hydrogen) atoms. The van der Waals surface area contributed by atoms with Gasteiger partial charge in [-0.15, -0.1) is 0 Å². The van der Waals surface area contributed by atoms with E-state index in [-0.39, 0.29) is 37.0 Å². The van der Waals surface area contributed by atoms with Crippen molar-refractivity contribution < 1.29 is 33.2 Å². The van der Waals surface area contributed by atoms with Crippen LogP contribution in [-0.2, 0) is 17.6 Å². The lowest BCUT2D eigenvalue weighted by molar-refractivity contribution is -0.136. The predicted octanol–water partition coefficient (Wildman–Crippen LogP) is 6.88. The number of aliphatic hydroxyl groups is 1. The van der Waals surface area contributed by atoms with Crippen LogP contribution in [-0.4, -0.2) is 49.0 Å². The highest BCUT2D eigenvalue weighted by Crippen LogP contribution is 2.47. The number of carbonyl (C=O) groups is 1. The number of aliphatic carboxylic acids is 1. The van der Waals surface area contributed by atoms with Gasteiger partial charge in [0.1, 0.15) is 23.8 Å². The molecule has 0 saturated carbocycles. The van der Waals surface area contributed by atoms with Gasteiger partial charge in [-0.2, -0.15) is 10.6 Å². The highest BCUT2D eigenvalue weighted by atomic mass is 32.3. The van der Waals surface area contributed by atoms with Crippen molar-refractivity contribution in [1.29, 1.82) is 0 Å². The minimum atomic E-state index is -2.58. The maximum Gasteiger partial charge on any atom is 0.303 e. The number of ether oxygens (including phenoxy) is 1. The first kappa shape index (κ1) is 29.4. The van der Waals surface area contributed by atoms with Crippen LogP contribution >= 0.6 is 10.6 Å². The number of hydrogen-bond acceptors (Lipinski definition) is 6. The number of rotatable bonds is 9. The van der Waals surface area contributed by atoms with Gasteiger partial charge in [-0.3, -0.25) is 13.9 Å². The summed E-state index contributed by atoms with van der Waals surface area (Å²) in [7, 11) is -2.58. The lowest BCUT2D eigenvalue weighted by Crippen LogP contribution is -2.42. The van der Waals surface area contributed by atoms with E-state index in [1.165, 1.54) is 22.8 Å². The fourth-order valence-electron chi connectivity index (χ4n) is 6.05. The minimum Gasteiger partial charge on any atom is -0.491 e. The highest BCUT2D eigenvalue weighted by Gasteiger charge is 2.36. The third-order valence-electron chi connectivity index (χ3n) is 8.34. The van der Waals surface area contributed by atoms with Gasteiger partial charge in [0.2, 0.25) is 0 Å². The number of benzene rings is 3. The molecule has 3 aromatic carbocycles. The lowest BCUT2D eigenvalue weighted by atomic mass is 9.90. The number of carboxylic acid groups (broad SMARTS) is 1. The Morgan fingerprint density at radius 2 is 1.80 bits per heavy atom. The summed E-state index contributed by atoms with van der Waals surface area (Å²) in [6.07, 6.45) is 2.42. The molecule has 0 bridgehead atoms. The third-order valence-corrected chi connectivity index (χ3v) is 10.1.